The van der Waals surface area contributed by atoms with Gasteiger partial charge in [-0.3, -0.25) is 9.55 Å². The number of amides is 1. The SMILES string of the molecule is C[C@@H](Cc1ccccc1)CC(OC(=S)n1ccnc1)[C@H](Cc1ccccc1)NC(=O)OCc1cncs1. The number of benzene rings is 2. The first-order chi connectivity index (χ1) is 18.1. The Bertz CT molecular complexity index is 1220. The Hall–Kier alpha value is -3.56. The molecule has 7 nitrogen and oxygen atoms in total. The van der Waals surface area contributed by atoms with E-state index in [0.29, 0.717) is 12.8 Å². The summed E-state index contributed by atoms with van der Waals surface area (Å²) >= 11 is 7.03. The largest absolute Gasteiger partial charge is 0.465 e. The maximum Gasteiger partial charge on any atom is 0.407 e. The molecule has 0 bridgehead atoms. The van der Waals surface area contributed by atoms with Crippen LogP contribution in [0.4, 0.5) is 4.79 Å². The van der Waals surface area contributed by atoms with Gasteiger partial charge in [-0.05, 0) is 48.5 Å². The minimum Gasteiger partial charge on any atom is -0.465 e. The van der Waals surface area contributed by atoms with Gasteiger partial charge in [0.05, 0.1) is 16.4 Å². The van der Waals surface area contributed by atoms with E-state index in [1.165, 1.54) is 16.9 Å². The van der Waals surface area contributed by atoms with Crippen LogP contribution < -0.4 is 5.32 Å². The summed E-state index contributed by atoms with van der Waals surface area (Å²) in [6.45, 7) is 2.35. The number of rotatable bonds is 11. The van der Waals surface area contributed by atoms with Crippen molar-refractivity contribution in [3.63, 3.8) is 0 Å². The number of nitrogens with one attached hydrogen (secondary N) is 1. The highest BCUT2D eigenvalue weighted by Gasteiger charge is 2.29. The number of thiazole rings is 1. The zero-order valence-electron chi connectivity index (χ0n) is 20.6. The maximum atomic E-state index is 12.9. The van der Waals surface area contributed by atoms with Crippen molar-refractivity contribution in [2.75, 3.05) is 0 Å². The van der Waals surface area contributed by atoms with Crippen LogP contribution in [-0.4, -0.2) is 37.9 Å². The van der Waals surface area contributed by atoms with Gasteiger partial charge in [-0.15, -0.1) is 11.3 Å². The number of carbonyl (C=O) groups excluding carboxylic acids is 1. The van der Waals surface area contributed by atoms with Gasteiger partial charge in [-0.1, -0.05) is 67.6 Å². The third-order valence-electron chi connectivity index (χ3n) is 5.91. The zero-order valence-corrected chi connectivity index (χ0v) is 22.2. The molecule has 9 heteroatoms. The van der Waals surface area contributed by atoms with Crippen LogP contribution in [0.15, 0.2) is 91.1 Å². The van der Waals surface area contributed by atoms with Gasteiger partial charge in [0.2, 0.25) is 0 Å². The smallest absolute Gasteiger partial charge is 0.407 e. The average molecular weight is 535 g/mol. The maximum absolute atomic E-state index is 12.9. The van der Waals surface area contributed by atoms with Gasteiger partial charge in [-0.25, -0.2) is 9.78 Å². The number of imidazole rings is 1. The molecule has 1 N–H and O–H groups in total. The molecule has 0 saturated carbocycles. The number of nitrogens with zero attached hydrogens (tertiary/aromatic N) is 3. The van der Waals surface area contributed by atoms with Crippen LogP contribution in [-0.2, 0) is 28.9 Å². The van der Waals surface area contributed by atoms with Crippen LogP contribution in [0.3, 0.4) is 0 Å². The van der Waals surface area contributed by atoms with Crippen molar-refractivity contribution in [2.45, 2.75) is 44.9 Å². The van der Waals surface area contributed by atoms with Gasteiger partial charge in [-0.2, -0.15) is 0 Å². The highest BCUT2D eigenvalue weighted by Crippen LogP contribution is 2.21. The molecule has 3 atom stereocenters. The van der Waals surface area contributed by atoms with E-state index in [2.05, 4.69) is 34.3 Å². The normalized spacial score (nSPS) is 13.3. The number of aromatic nitrogens is 3. The monoisotopic (exact) mass is 534 g/mol. The van der Waals surface area contributed by atoms with Crippen LogP contribution in [0.5, 0.6) is 0 Å². The molecule has 0 radical (unpaired) electrons. The van der Waals surface area contributed by atoms with Crippen molar-refractivity contribution in [3.05, 3.63) is 107 Å². The molecule has 2 heterocycles. The quantitative estimate of drug-likeness (QED) is 0.250. The van der Waals surface area contributed by atoms with E-state index in [1.54, 1.807) is 35.0 Å². The number of alkyl carbamates (subject to hydrolysis) is 1. The van der Waals surface area contributed by atoms with E-state index in [-0.39, 0.29) is 23.7 Å². The summed E-state index contributed by atoms with van der Waals surface area (Å²) in [5.74, 6) is 0.270. The van der Waals surface area contributed by atoms with Crippen LogP contribution in [0.25, 0.3) is 0 Å². The van der Waals surface area contributed by atoms with E-state index in [4.69, 9.17) is 21.7 Å². The summed E-state index contributed by atoms with van der Waals surface area (Å²) in [7, 11) is 0. The summed E-state index contributed by atoms with van der Waals surface area (Å²) in [4.78, 5) is 21.9. The minimum absolute atomic E-state index is 0.165. The number of thiocarbonyl (C=S) groups is 1. The Kier molecular flexibility index (Phi) is 9.79. The van der Waals surface area contributed by atoms with E-state index in [1.807, 2.05) is 48.5 Å². The number of hydrogen-bond acceptors (Lipinski definition) is 7. The molecule has 2 aromatic carbocycles. The summed E-state index contributed by atoms with van der Waals surface area (Å²) in [6, 6.07) is 20.0. The summed E-state index contributed by atoms with van der Waals surface area (Å²) in [5.41, 5.74) is 4.04. The first-order valence-corrected chi connectivity index (χ1v) is 13.4. The predicted molar refractivity (Wildman–Crippen MR) is 148 cm³/mol. The summed E-state index contributed by atoms with van der Waals surface area (Å²) in [6.07, 6.45) is 7.91. The van der Waals surface area contributed by atoms with Crippen molar-refractivity contribution < 1.29 is 14.3 Å². The Morgan fingerprint density at radius 2 is 1.76 bits per heavy atom. The van der Waals surface area contributed by atoms with E-state index >= 15 is 0 Å². The second-order valence-corrected chi connectivity index (χ2v) is 10.2. The standard InChI is InChI=1S/C28H30N4O3S2/c1-21(14-22-8-4-2-5-9-22)15-26(35-28(36)32-13-12-29-19-32)25(16-23-10-6-3-7-11-23)31-27(33)34-18-24-17-30-20-37-24/h2-13,17,19-21,25-26H,14-16,18H2,1H3,(H,31,33)/t21-,25-,26?/m0/s1. The molecule has 0 aliphatic heterocycles. The molecule has 0 aliphatic rings. The Morgan fingerprint density at radius 1 is 1.05 bits per heavy atom. The lowest BCUT2D eigenvalue weighted by Gasteiger charge is -2.31. The third kappa shape index (κ3) is 8.51. The molecule has 0 spiro atoms. The molecule has 37 heavy (non-hydrogen) atoms. The number of hydrogen-bond donors (Lipinski definition) is 1. The van der Waals surface area contributed by atoms with Gasteiger partial charge in [0.25, 0.3) is 5.17 Å². The molecule has 2 aromatic heterocycles. The lowest BCUT2D eigenvalue weighted by atomic mass is 9.90. The van der Waals surface area contributed by atoms with Gasteiger partial charge >= 0.3 is 6.09 Å². The van der Waals surface area contributed by atoms with Crippen LogP contribution in [0.2, 0.25) is 0 Å². The molecule has 1 amide bonds. The fourth-order valence-corrected chi connectivity index (χ4v) is 4.87. The van der Waals surface area contributed by atoms with E-state index in [0.717, 1.165) is 16.9 Å². The molecule has 0 aliphatic carbocycles. The van der Waals surface area contributed by atoms with Crippen LogP contribution >= 0.6 is 23.6 Å². The lowest BCUT2D eigenvalue weighted by molar-refractivity contribution is 0.0947. The fourth-order valence-electron chi connectivity index (χ4n) is 4.13. The molecule has 192 valence electrons. The van der Waals surface area contributed by atoms with Gasteiger partial charge in [0.15, 0.2) is 0 Å². The fraction of sp³-hybridized carbons (Fsp3) is 0.286. The summed E-state index contributed by atoms with van der Waals surface area (Å²) in [5, 5.41) is 3.35. The highest BCUT2D eigenvalue weighted by atomic mass is 32.1. The Balaban J connectivity index is 1.53. The third-order valence-corrected chi connectivity index (χ3v) is 6.97. The molecule has 1 unspecified atom stereocenters. The number of carbonyl (C=O) groups is 1. The summed E-state index contributed by atoms with van der Waals surface area (Å²) < 4.78 is 13.5. The minimum atomic E-state index is -0.507. The van der Waals surface area contributed by atoms with E-state index in [9.17, 15) is 4.79 Å². The van der Waals surface area contributed by atoms with E-state index < -0.39 is 12.2 Å². The second-order valence-electron chi connectivity index (χ2n) is 8.91. The Labute approximate surface area is 226 Å². The van der Waals surface area contributed by atoms with Crippen molar-refractivity contribution >= 4 is 34.8 Å². The van der Waals surface area contributed by atoms with Gasteiger partial charge < -0.3 is 14.8 Å². The topological polar surface area (TPSA) is 78.3 Å². The molecule has 4 rings (SSSR count). The highest BCUT2D eigenvalue weighted by molar-refractivity contribution is 7.80. The first kappa shape index (κ1) is 26.5. The molecule has 0 fully saturated rings. The molecule has 4 aromatic rings. The second kappa shape index (κ2) is 13.7. The Morgan fingerprint density at radius 3 is 2.38 bits per heavy atom. The van der Waals surface area contributed by atoms with Crippen LogP contribution in [0.1, 0.15) is 29.3 Å². The van der Waals surface area contributed by atoms with Crippen molar-refractivity contribution in [1.82, 2.24) is 19.9 Å². The van der Waals surface area contributed by atoms with Gasteiger partial charge in [0, 0.05) is 18.6 Å². The lowest BCUT2D eigenvalue weighted by Crippen LogP contribution is -2.48. The number of ether oxygens (including phenoxy) is 2. The molecular formula is C28H30N4O3S2. The first-order valence-electron chi connectivity index (χ1n) is 12.1. The predicted octanol–water partition coefficient (Wildman–Crippen LogP) is 5.66. The average Bonchev–Trinajstić information content (AvgIpc) is 3.63. The van der Waals surface area contributed by atoms with Gasteiger partial charge in [0.1, 0.15) is 19.0 Å². The van der Waals surface area contributed by atoms with Crippen molar-refractivity contribution in [1.29, 1.82) is 0 Å². The zero-order chi connectivity index (χ0) is 25.9. The molecular weight excluding hydrogens is 504 g/mol. The molecule has 0 saturated heterocycles. The van der Waals surface area contributed by atoms with Crippen LogP contribution in [0, 0.1) is 5.92 Å². The van der Waals surface area contributed by atoms with Crippen molar-refractivity contribution in [2.24, 2.45) is 5.92 Å². The van der Waals surface area contributed by atoms with Crippen molar-refractivity contribution in [3.8, 4) is 0 Å².